The van der Waals surface area contributed by atoms with E-state index >= 15 is 0 Å². The van der Waals surface area contributed by atoms with Crippen LogP contribution in [0.1, 0.15) is 5.56 Å². The Balaban J connectivity index is 1.31. The first kappa shape index (κ1) is 21.2. The number of hydrogen-bond donors (Lipinski definition) is 1. The van der Waals surface area contributed by atoms with E-state index in [0.717, 1.165) is 64.6 Å². The first-order valence-electron chi connectivity index (χ1n) is 11.6. The molecule has 0 bridgehead atoms. The molecule has 2 aromatic rings. The van der Waals surface area contributed by atoms with Crippen LogP contribution in [-0.2, 0) is 16.0 Å². The Morgan fingerprint density at radius 1 is 1.03 bits per heavy atom. The summed E-state index contributed by atoms with van der Waals surface area (Å²) in [5.74, 6) is -0.210. The van der Waals surface area contributed by atoms with E-state index in [4.69, 9.17) is 4.74 Å². The summed E-state index contributed by atoms with van der Waals surface area (Å²) in [4.78, 5) is 20.4. The number of amides is 1. The molecule has 2 atom stereocenters. The second kappa shape index (κ2) is 9.46. The van der Waals surface area contributed by atoms with Crippen molar-refractivity contribution in [2.24, 2.45) is 5.92 Å². The zero-order valence-corrected chi connectivity index (χ0v) is 18.4. The van der Waals surface area contributed by atoms with Gasteiger partial charge < -0.3 is 19.9 Å². The maximum Gasteiger partial charge on any atom is 0.225 e. The molecule has 3 heterocycles. The molecule has 0 radical (unpaired) electrons. The van der Waals surface area contributed by atoms with Crippen LogP contribution in [0, 0.1) is 11.7 Å². The minimum absolute atomic E-state index is 0.0899. The van der Waals surface area contributed by atoms with E-state index in [0.29, 0.717) is 6.54 Å². The van der Waals surface area contributed by atoms with Crippen LogP contribution in [0.15, 0.2) is 48.5 Å². The van der Waals surface area contributed by atoms with Gasteiger partial charge in [-0.15, -0.1) is 0 Å². The first-order valence-corrected chi connectivity index (χ1v) is 11.6. The minimum atomic E-state index is -0.225. The summed E-state index contributed by atoms with van der Waals surface area (Å²) >= 11 is 0. The van der Waals surface area contributed by atoms with Crippen molar-refractivity contribution in [3.05, 3.63) is 59.9 Å². The van der Waals surface area contributed by atoms with Crippen LogP contribution in [0.5, 0.6) is 0 Å². The Morgan fingerprint density at radius 2 is 1.81 bits per heavy atom. The number of anilines is 2. The van der Waals surface area contributed by atoms with Crippen molar-refractivity contribution in [1.82, 2.24) is 10.2 Å². The number of morpholine rings is 1. The van der Waals surface area contributed by atoms with Crippen molar-refractivity contribution in [1.29, 1.82) is 0 Å². The van der Waals surface area contributed by atoms with Crippen LogP contribution in [-0.4, -0.2) is 75.9 Å². The molecule has 0 aromatic heterocycles. The monoisotopic (exact) mass is 438 g/mol. The minimum Gasteiger partial charge on any atom is -0.379 e. The average Bonchev–Trinajstić information content (AvgIpc) is 2.84. The molecular weight excluding hydrogens is 407 g/mol. The van der Waals surface area contributed by atoms with Crippen LogP contribution in [0.2, 0.25) is 0 Å². The van der Waals surface area contributed by atoms with E-state index in [9.17, 15) is 9.18 Å². The summed E-state index contributed by atoms with van der Waals surface area (Å²) in [7, 11) is 0. The van der Waals surface area contributed by atoms with Crippen molar-refractivity contribution in [3.8, 4) is 0 Å². The number of benzene rings is 2. The van der Waals surface area contributed by atoms with E-state index in [1.54, 1.807) is 0 Å². The molecule has 6 nitrogen and oxygen atoms in total. The standard InChI is InChI=1S/C25H31FN4O2/c26-20-5-7-21(8-6-20)29-11-12-30-23-4-2-1-3-19(23)17-22(24(30)18-29)25(31)27-9-10-28-13-15-32-16-14-28/h1-8,22,24H,9-18H2,(H,27,31). The Kier molecular flexibility index (Phi) is 6.28. The van der Waals surface area contributed by atoms with Crippen molar-refractivity contribution in [2.45, 2.75) is 12.5 Å². The molecule has 3 aliphatic rings. The van der Waals surface area contributed by atoms with Gasteiger partial charge in [-0.2, -0.15) is 0 Å². The van der Waals surface area contributed by atoms with Gasteiger partial charge in [0, 0.05) is 57.2 Å². The number of para-hydroxylation sites is 1. The smallest absolute Gasteiger partial charge is 0.225 e. The second-order valence-corrected chi connectivity index (χ2v) is 8.87. The summed E-state index contributed by atoms with van der Waals surface area (Å²) in [6, 6.07) is 15.2. The number of carbonyl (C=O) groups excluding carboxylic acids is 1. The highest BCUT2D eigenvalue weighted by Crippen LogP contribution is 2.36. The summed E-state index contributed by atoms with van der Waals surface area (Å²) in [5.41, 5.74) is 3.50. The van der Waals surface area contributed by atoms with Crippen LogP contribution in [0.3, 0.4) is 0 Å². The highest BCUT2D eigenvalue weighted by atomic mass is 19.1. The molecule has 1 amide bonds. The van der Waals surface area contributed by atoms with Gasteiger partial charge in [-0.05, 0) is 42.3 Å². The molecule has 2 fully saturated rings. The van der Waals surface area contributed by atoms with Crippen LogP contribution >= 0.6 is 0 Å². The number of hydrogen-bond acceptors (Lipinski definition) is 5. The van der Waals surface area contributed by atoms with Crippen LogP contribution < -0.4 is 15.1 Å². The average molecular weight is 439 g/mol. The van der Waals surface area contributed by atoms with Gasteiger partial charge in [0.25, 0.3) is 0 Å². The maximum atomic E-state index is 13.4. The van der Waals surface area contributed by atoms with Gasteiger partial charge >= 0.3 is 0 Å². The van der Waals surface area contributed by atoms with Crippen molar-refractivity contribution in [2.75, 3.05) is 68.8 Å². The molecule has 3 aliphatic heterocycles. The SMILES string of the molecule is O=C(NCCN1CCOCC1)C1Cc2ccccc2N2CCN(c3ccc(F)cc3)CC12. The van der Waals surface area contributed by atoms with Crippen molar-refractivity contribution >= 4 is 17.3 Å². The normalized spacial score (nSPS) is 23.4. The Hall–Kier alpha value is -2.64. The molecule has 7 heteroatoms. The topological polar surface area (TPSA) is 48.1 Å². The molecule has 0 saturated carbocycles. The molecule has 0 aliphatic carbocycles. The van der Waals surface area contributed by atoms with Gasteiger partial charge in [-0.25, -0.2) is 4.39 Å². The lowest BCUT2D eigenvalue weighted by Gasteiger charge is -2.49. The van der Waals surface area contributed by atoms with Crippen LogP contribution in [0.25, 0.3) is 0 Å². The lowest BCUT2D eigenvalue weighted by atomic mass is 9.83. The van der Waals surface area contributed by atoms with Gasteiger partial charge in [0.1, 0.15) is 5.82 Å². The zero-order valence-electron chi connectivity index (χ0n) is 18.4. The van der Waals surface area contributed by atoms with Gasteiger partial charge in [-0.3, -0.25) is 9.69 Å². The molecule has 2 unspecified atom stereocenters. The predicted molar refractivity (Wildman–Crippen MR) is 124 cm³/mol. The third kappa shape index (κ3) is 4.45. The molecule has 2 aromatic carbocycles. The van der Waals surface area contributed by atoms with Crippen LogP contribution in [0.4, 0.5) is 15.8 Å². The lowest BCUT2D eigenvalue weighted by Crippen LogP contribution is -2.61. The fourth-order valence-corrected chi connectivity index (χ4v) is 5.24. The predicted octanol–water partition coefficient (Wildman–Crippen LogP) is 2.14. The number of halogens is 1. The second-order valence-electron chi connectivity index (χ2n) is 8.87. The number of nitrogens with zero attached hydrogens (tertiary/aromatic N) is 3. The summed E-state index contributed by atoms with van der Waals surface area (Å²) < 4.78 is 18.8. The van der Waals surface area contributed by atoms with Gasteiger partial charge in [0.15, 0.2) is 0 Å². The largest absolute Gasteiger partial charge is 0.379 e. The Labute approximate surface area is 188 Å². The zero-order chi connectivity index (χ0) is 21.9. The van der Waals surface area contributed by atoms with Crippen molar-refractivity contribution < 1.29 is 13.9 Å². The molecule has 32 heavy (non-hydrogen) atoms. The summed E-state index contributed by atoms with van der Waals surface area (Å²) in [5, 5.41) is 3.21. The maximum absolute atomic E-state index is 13.4. The van der Waals surface area contributed by atoms with E-state index in [1.807, 2.05) is 12.1 Å². The molecular formula is C25H31FN4O2. The summed E-state index contributed by atoms with van der Waals surface area (Å²) in [6.07, 6.45) is 0.748. The van der Waals surface area contributed by atoms with E-state index in [2.05, 4.69) is 44.3 Å². The number of fused-ring (bicyclic) bond motifs is 3. The molecule has 2 saturated heterocycles. The fraction of sp³-hybridized carbons (Fsp3) is 0.480. The fourth-order valence-electron chi connectivity index (χ4n) is 5.24. The quantitative estimate of drug-likeness (QED) is 0.775. The van der Waals surface area contributed by atoms with Crippen molar-refractivity contribution in [3.63, 3.8) is 0 Å². The van der Waals surface area contributed by atoms with E-state index < -0.39 is 0 Å². The number of piperazine rings is 1. The number of carbonyl (C=O) groups is 1. The van der Waals surface area contributed by atoms with Gasteiger partial charge in [0.05, 0.1) is 25.2 Å². The lowest BCUT2D eigenvalue weighted by molar-refractivity contribution is -0.125. The molecule has 170 valence electrons. The first-order chi connectivity index (χ1) is 15.7. The molecule has 0 spiro atoms. The van der Waals surface area contributed by atoms with Gasteiger partial charge in [-0.1, -0.05) is 18.2 Å². The Bertz CT molecular complexity index is 932. The molecule has 5 rings (SSSR count). The highest BCUT2D eigenvalue weighted by molar-refractivity contribution is 5.82. The summed E-state index contributed by atoms with van der Waals surface area (Å²) in [6.45, 7) is 7.35. The molecule has 1 N–H and O–H groups in total. The van der Waals surface area contributed by atoms with E-state index in [-0.39, 0.29) is 23.7 Å². The van der Waals surface area contributed by atoms with Gasteiger partial charge in [0.2, 0.25) is 5.91 Å². The highest BCUT2D eigenvalue weighted by Gasteiger charge is 2.41. The van der Waals surface area contributed by atoms with E-state index in [1.165, 1.54) is 23.4 Å². The number of nitrogens with one attached hydrogen (secondary N) is 1. The third-order valence-electron chi connectivity index (χ3n) is 6.98. The number of rotatable bonds is 5. The number of ether oxygens (including phenoxy) is 1. The Morgan fingerprint density at radius 3 is 2.62 bits per heavy atom. The third-order valence-corrected chi connectivity index (χ3v) is 6.98.